The maximum atomic E-state index is 3.66. The summed E-state index contributed by atoms with van der Waals surface area (Å²) in [4.78, 5) is 9.52. The number of halogens is 4. The predicted octanol–water partition coefficient (Wildman–Crippen LogP) is 41.0. The van der Waals surface area contributed by atoms with Crippen LogP contribution in [0, 0.1) is 0 Å². The highest BCUT2D eigenvalue weighted by Crippen LogP contribution is 2.65. The van der Waals surface area contributed by atoms with Crippen LogP contribution in [-0.4, -0.2) is 0 Å². The van der Waals surface area contributed by atoms with Crippen LogP contribution >= 0.6 is 63.7 Å². The van der Waals surface area contributed by atoms with Crippen LogP contribution in [0.5, 0.6) is 0 Å². The van der Waals surface area contributed by atoms with Crippen LogP contribution < -0.4 is 19.6 Å². The van der Waals surface area contributed by atoms with E-state index >= 15 is 0 Å². The molecule has 24 aromatic carbocycles. The number of nitrogens with zero attached hydrogens (tertiary/aromatic N) is 4. The van der Waals surface area contributed by atoms with Gasteiger partial charge in [-0.25, -0.2) is 0 Å². The van der Waals surface area contributed by atoms with Crippen molar-refractivity contribution in [3.63, 3.8) is 0 Å². The molecule has 4 aliphatic carbocycles. The van der Waals surface area contributed by atoms with Gasteiger partial charge >= 0.3 is 0 Å². The summed E-state index contributed by atoms with van der Waals surface area (Å²) in [5.41, 5.74) is 39.2. The molecule has 0 aromatic heterocycles. The lowest BCUT2D eigenvalue weighted by molar-refractivity contribution is 0.660. The highest BCUT2D eigenvalue weighted by atomic mass is 79.9. The molecule has 710 valence electrons. The molecule has 149 heavy (non-hydrogen) atoms. The minimum Gasteiger partial charge on any atom is -0.310 e. The van der Waals surface area contributed by atoms with E-state index in [-0.39, 0.29) is 10.8 Å². The van der Waals surface area contributed by atoms with Gasteiger partial charge in [-0.2, -0.15) is 0 Å². The number of hydrogen-bond donors (Lipinski definition) is 0. The molecule has 0 fully saturated rings. The fourth-order valence-corrected chi connectivity index (χ4v) is 24.8. The molecule has 0 saturated carbocycles. The Kier molecular flexibility index (Phi) is 24.9. The van der Waals surface area contributed by atoms with Crippen LogP contribution in [0.3, 0.4) is 0 Å². The minimum atomic E-state index is -0.450. The smallest absolute Gasteiger partial charge is 0.0726 e. The first-order valence-corrected chi connectivity index (χ1v) is 53.8. The van der Waals surface area contributed by atoms with Crippen LogP contribution in [0.25, 0.3) is 98.7 Å². The Morgan fingerprint density at radius 2 is 0.369 bits per heavy atom. The second-order valence-corrected chi connectivity index (χ2v) is 42.6. The molecule has 28 rings (SSSR count). The van der Waals surface area contributed by atoms with Crippen molar-refractivity contribution in [2.24, 2.45) is 0 Å². The zero-order valence-electron chi connectivity index (χ0n) is 81.9. The Morgan fingerprint density at radius 1 is 0.154 bits per heavy atom. The molecule has 1 spiro atoms. The van der Waals surface area contributed by atoms with E-state index in [0.29, 0.717) is 0 Å². The molecule has 0 unspecified atom stereocenters. The minimum absolute atomic E-state index is 0.0356. The lowest BCUT2D eigenvalue weighted by Crippen LogP contribution is -2.28. The van der Waals surface area contributed by atoms with Crippen molar-refractivity contribution in [3.8, 4) is 55.6 Å². The van der Waals surface area contributed by atoms with E-state index in [9.17, 15) is 0 Å². The second-order valence-electron chi connectivity index (χ2n) is 38.9. The van der Waals surface area contributed by atoms with Crippen LogP contribution in [-0.2, 0) is 16.2 Å². The van der Waals surface area contributed by atoms with E-state index in [1.807, 2.05) is 6.07 Å². The number of hydrogen-bond acceptors (Lipinski definition) is 4. The first-order valence-electron chi connectivity index (χ1n) is 50.7. The molecule has 0 saturated heterocycles. The normalized spacial score (nSPS) is 12.8. The van der Waals surface area contributed by atoms with E-state index in [2.05, 4.69) is 649 Å². The Hall–Kier alpha value is -16.6. The molecule has 0 bridgehead atoms. The molecule has 0 atom stereocenters. The van der Waals surface area contributed by atoms with Gasteiger partial charge in [0.15, 0.2) is 0 Å². The standard InChI is InChI=1S/C41H26BrN.C41H28BrN.C31H24BrN.C28H20BrN/c42-28-20-22-29(23-21-28)43(40-19-9-11-27-10-1-2-12-31(27)40)30-24-25-35-34-15-5-8-18-38(34)41(39(35)26-30)36-16-6-3-13-32(36)33-14-4-7-17-37(33)41;42-32-22-24-33(25-23-32)43(40-21-11-13-29-12-7-8-18-35(29)40)34-26-27-37-36-19-9-10-20-38(36)41(39(37)28-34,30-14-3-1-4-15-30)31-16-5-2-6-17-31;1-31(2)28-12-6-5-11-26(28)27-19-18-24(20-29(27)31)33(23-16-14-22(32)15-17-23)30-13-7-9-21-8-3-4-10-25(21)30;29-24-15-19-26(20-16-24)30(28-12-6-10-23-9-4-5-11-27(23)28)25-17-13-22(14-18-25)21-7-2-1-3-8-21/h1-26H;1-28H;3-20H,1-2H3;1-20H. The molecule has 24 aromatic rings. The van der Waals surface area contributed by atoms with Gasteiger partial charge in [0, 0.05) is 90.3 Å². The van der Waals surface area contributed by atoms with Crippen LogP contribution in [0.2, 0.25) is 0 Å². The Labute approximate surface area is 904 Å². The number of anilines is 12. The summed E-state index contributed by atoms with van der Waals surface area (Å²) in [6, 6.07) is 202. The van der Waals surface area contributed by atoms with Crippen LogP contribution in [0.15, 0.2) is 576 Å². The zero-order valence-corrected chi connectivity index (χ0v) is 88.3. The summed E-state index contributed by atoms with van der Waals surface area (Å²) in [6.45, 7) is 4.67. The van der Waals surface area contributed by atoms with Gasteiger partial charge in [0.2, 0.25) is 0 Å². The van der Waals surface area contributed by atoms with Gasteiger partial charge in [-0.05, 0) is 303 Å². The number of fused-ring (bicyclic) bond motifs is 20. The van der Waals surface area contributed by atoms with Crippen molar-refractivity contribution < 1.29 is 0 Å². The van der Waals surface area contributed by atoms with Gasteiger partial charge in [0.25, 0.3) is 0 Å². The molecule has 0 radical (unpaired) electrons. The highest BCUT2D eigenvalue weighted by molar-refractivity contribution is 9.11. The van der Waals surface area contributed by atoms with Crippen molar-refractivity contribution >= 4 is 175 Å². The second kappa shape index (κ2) is 39.7. The van der Waals surface area contributed by atoms with Crippen LogP contribution in [0.4, 0.5) is 68.2 Å². The summed E-state index contributed by atoms with van der Waals surface area (Å²) in [5, 5.41) is 9.84. The van der Waals surface area contributed by atoms with Crippen molar-refractivity contribution in [2.45, 2.75) is 30.1 Å². The third kappa shape index (κ3) is 16.7. The number of benzene rings is 24. The van der Waals surface area contributed by atoms with Gasteiger partial charge in [-0.15, -0.1) is 0 Å². The Bertz CT molecular complexity index is 8820. The van der Waals surface area contributed by atoms with Gasteiger partial charge in [-0.1, -0.05) is 466 Å². The molecule has 4 nitrogen and oxygen atoms in total. The Balaban J connectivity index is 0.000000104. The van der Waals surface area contributed by atoms with Crippen molar-refractivity contribution in [2.75, 3.05) is 19.6 Å². The molecule has 0 aliphatic heterocycles. The number of rotatable bonds is 15. The maximum absolute atomic E-state index is 3.66. The molecule has 0 N–H and O–H groups in total. The van der Waals surface area contributed by atoms with E-state index in [0.717, 1.165) is 69.1 Å². The largest absolute Gasteiger partial charge is 0.310 e. The molecular formula is C141H98Br4N4. The van der Waals surface area contributed by atoms with E-state index in [4.69, 9.17) is 0 Å². The SMILES string of the molecule is Brc1ccc(N(c2ccc(-c3ccccc3)cc2)c2cccc3ccccc23)cc1.Brc1ccc(N(c2ccc3c(c2)C(c2ccccc2)(c2ccccc2)c2ccccc2-3)c2cccc3ccccc23)cc1.Brc1ccc(N(c2ccc3c(c2)C2(c4ccccc4-c4ccccc42)c2ccccc2-3)c2cccc3ccccc23)cc1.CC1(C)c2ccccc2-c2ccc(N(c3ccc(Br)cc3)c3cccc4ccccc34)cc21. The average molecular weight is 2170 g/mol. The first kappa shape index (κ1) is 93.5. The summed E-state index contributed by atoms with van der Waals surface area (Å²) < 4.78 is 4.28. The summed E-state index contributed by atoms with van der Waals surface area (Å²) in [7, 11) is 0. The third-order valence-electron chi connectivity index (χ3n) is 30.4. The predicted molar refractivity (Wildman–Crippen MR) is 642 cm³/mol. The Morgan fingerprint density at radius 3 is 0.698 bits per heavy atom. The fourth-order valence-electron chi connectivity index (χ4n) is 23.7. The fraction of sp³-hybridized carbons (Fsp3) is 0.0355. The quantitative estimate of drug-likeness (QED) is 0.101. The van der Waals surface area contributed by atoms with Gasteiger partial charge in [0.05, 0.1) is 33.6 Å². The maximum Gasteiger partial charge on any atom is 0.0726 e. The van der Waals surface area contributed by atoms with Crippen LogP contribution in [0.1, 0.15) is 69.5 Å². The van der Waals surface area contributed by atoms with Crippen molar-refractivity contribution in [1.82, 2.24) is 0 Å². The summed E-state index contributed by atoms with van der Waals surface area (Å²) >= 11 is 14.5. The molecular weight excluding hydrogens is 2070 g/mol. The molecule has 8 heteroatoms. The third-order valence-corrected chi connectivity index (χ3v) is 32.5. The van der Waals surface area contributed by atoms with E-state index < -0.39 is 5.41 Å². The van der Waals surface area contributed by atoms with Gasteiger partial charge < -0.3 is 19.6 Å². The molecule has 0 amide bonds. The van der Waals surface area contributed by atoms with Crippen molar-refractivity contribution in [3.05, 3.63) is 632 Å². The summed E-state index contributed by atoms with van der Waals surface area (Å²) in [5.74, 6) is 0. The zero-order chi connectivity index (χ0) is 100. The monoisotopic (exact) mass is 2160 g/mol. The highest BCUT2D eigenvalue weighted by Gasteiger charge is 2.52. The first-order chi connectivity index (χ1) is 73.3. The van der Waals surface area contributed by atoms with E-state index in [1.165, 1.54) is 171 Å². The van der Waals surface area contributed by atoms with Gasteiger partial charge in [0.1, 0.15) is 0 Å². The lowest BCUT2D eigenvalue weighted by atomic mass is 9.67. The molecule has 0 heterocycles. The summed E-state index contributed by atoms with van der Waals surface area (Å²) in [6.07, 6.45) is 0. The lowest BCUT2D eigenvalue weighted by Gasteiger charge is -2.35. The van der Waals surface area contributed by atoms with E-state index in [1.54, 1.807) is 0 Å². The van der Waals surface area contributed by atoms with Crippen molar-refractivity contribution in [1.29, 1.82) is 0 Å². The average Bonchev–Trinajstić information content (AvgIpc) is 1.51. The topological polar surface area (TPSA) is 13.0 Å². The van der Waals surface area contributed by atoms with Gasteiger partial charge in [-0.3, -0.25) is 0 Å². The molecule has 4 aliphatic rings.